The van der Waals surface area contributed by atoms with Crippen molar-refractivity contribution < 1.29 is 14.4 Å². The van der Waals surface area contributed by atoms with Crippen LogP contribution in [0.2, 0.25) is 0 Å². The van der Waals surface area contributed by atoms with E-state index in [1.54, 1.807) is 31.2 Å². The molecule has 1 heterocycles. The second kappa shape index (κ2) is 6.39. The molecule has 1 aliphatic rings. The van der Waals surface area contributed by atoms with Crippen LogP contribution >= 0.6 is 0 Å². The Balaban J connectivity index is 1.79. The van der Waals surface area contributed by atoms with E-state index in [2.05, 4.69) is 5.32 Å². The lowest BCUT2D eigenvalue weighted by atomic mass is 10.1. The summed E-state index contributed by atoms with van der Waals surface area (Å²) in [5.74, 6) is -0.719. The SMILES string of the molecule is CC1CC(=O)N(CCCC(=O)Nc2ccccc2N)C1=O. The quantitative estimate of drug-likeness (QED) is 0.632. The summed E-state index contributed by atoms with van der Waals surface area (Å²) in [7, 11) is 0. The highest BCUT2D eigenvalue weighted by Crippen LogP contribution is 2.20. The number of nitrogens with zero attached hydrogens (tertiary/aromatic N) is 1. The van der Waals surface area contributed by atoms with Crippen molar-refractivity contribution in [1.82, 2.24) is 4.90 Å². The Morgan fingerprint density at radius 1 is 1.38 bits per heavy atom. The predicted octanol–water partition coefficient (Wildman–Crippen LogP) is 1.38. The van der Waals surface area contributed by atoms with Gasteiger partial charge in [-0.15, -0.1) is 0 Å². The molecule has 1 fully saturated rings. The molecule has 1 saturated heterocycles. The van der Waals surface area contributed by atoms with Gasteiger partial charge in [-0.2, -0.15) is 0 Å². The third kappa shape index (κ3) is 3.59. The van der Waals surface area contributed by atoms with Gasteiger partial charge in [-0.05, 0) is 18.6 Å². The molecule has 3 N–H and O–H groups in total. The van der Waals surface area contributed by atoms with Gasteiger partial charge in [-0.3, -0.25) is 19.3 Å². The van der Waals surface area contributed by atoms with Crippen molar-refractivity contribution in [3.8, 4) is 0 Å². The van der Waals surface area contributed by atoms with E-state index in [1.165, 1.54) is 4.90 Å². The average Bonchev–Trinajstić information content (AvgIpc) is 2.68. The zero-order valence-electron chi connectivity index (χ0n) is 12.0. The topological polar surface area (TPSA) is 92.5 Å². The van der Waals surface area contributed by atoms with Crippen molar-refractivity contribution in [1.29, 1.82) is 0 Å². The summed E-state index contributed by atoms with van der Waals surface area (Å²) in [5, 5.41) is 2.71. The molecule has 1 aromatic carbocycles. The third-order valence-corrected chi connectivity index (χ3v) is 3.49. The molecule has 0 saturated carbocycles. The van der Waals surface area contributed by atoms with E-state index >= 15 is 0 Å². The van der Waals surface area contributed by atoms with Gasteiger partial charge in [0.15, 0.2) is 0 Å². The minimum absolute atomic E-state index is 0.146. The number of benzene rings is 1. The number of carbonyl (C=O) groups is 3. The van der Waals surface area contributed by atoms with Crippen LogP contribution in [0, 0.1) is 5.92 Å². The Bertz CT molecular complexity index is 571. The highest BCUT2D eigenvalue weighted by Gasteiger charge is 2.34. The van der Waals surface area contributed by atoms with Gasteiger partial charge in [0.25, 0.3) is 0 Å². The largest absolute Gasteiger partial charge is 0.397 e. The fourth-order valence-corrected chi connectivity index (χ4v) is 2.30. The van der Waals surface area contributed by atoms with Crippen LogP contribution in [0.1, 0.15) is 26.2 Å². The maximum atomic E-state index is 11.8. The number of anilines is 2. The molecule has 3 amide bonds. The van der Waals surface area contributed by atoms with Crippen molar-refractivity contribution >= 4 is 29.1 Å². The smallest absolute Gasteiger partial charge is 0.232 e. The number of hydrogen-bond donors (Lipinski definition) is 2. The normalized spacial score (nSPS) is 18.1. The minimum atomic E-state index is -0.240. The second-order valence-electron chi connectivity index (χ2n) is 5.23. The molecule has 0 spiro atoms. The molecule has 1 aliphatic heterocycles. The number of likely N-dealkylation sites (tertiary alicyclic amines) is 1. The van der Waals surface area contributed by atoms with E-state index in [-0.39, 0.29) is 36.5 Å². The molecule has 1 aromatic rings. The van der Waals surface area contributed by atoms with E-state index in [4.69, 9.17) is 5.73 Å². The Hall–Kier alpha value is -2.37. The number of amides is 3. The fraction of sp³-hybridized carbons (Fsp3) is 0.400. The van der Waals surface area contributed by atoms with Crippen molar-refractivity contribution in [3.05, 3.63) is 24.3 Å². The van der Waals surface area contributed by atoms with E-state index < -0.39 is 0 Å². The van der Waals surface area contributed by atoms with Gasteiger partial charge in [-0.25, -0.2) is 0 Å². The molecule has 112 valence electrons. The van der Waals surface area contributed by atoms with Gasteiger partial charge < -0.3 is 11.1 Å². The first kappa shape index (κ1) is 15.0. The Labute approximate surface area is 123 Å². The van der Waals surface area contributed by atoms with Gasteiger partial charge >= 0.3 is 0 Å². The Morgan fingerprint density at radius 3 is 2.71 bits per heavy atom. The molecule has 0 aromatic heterocycles. The van der Waals surface area contributed by atoms with Gasteiger partial charge in [0.1, 0.15) is 0 Å². The molecule has 0 bridgehead atoms. The highest BCUT2D eigenvalue weighted by molar-refractivity contribution is 6.03. The number of nitrogen functional groups attached to an aromatic ring is 1. The summed E-state index contributed by atoms with van der Waals surface area (Å²) < 4.78 is 0. The Kier molecular flexibility index (Phi) is 4.57. The average molecular weight is 289 g/mol. The van der Waals surface area contributed by atoms with E-state index in [0.29, 0.717) is 24.3 Å². The van der Waals surface area contributed by atoms with Crippen LogP contribution in [0.5, 0.6) is 0 Å². The molecule has 2 rings (SSSR count). The number of imide groups is 1. The van der Waals surface area contributed by atoms with Crippen LogP contribution < -0.4 is 11.1 Å². The number of rotatable bonds is 5. The van der Waals surface area contributed by atoms with Gasteiger partial charge in [-0.1, -0.05) is 19.1 Å². The van der Waals surface area contributed by atoms with Crippen LogP contribution in [0.25, 0.3) is 0 Å². The van der Waals surface area contributed by atoms with Crippen LogP contribution in [-0.2, 0) is 14.4 Å². The van der Waals surface area contributed by atoms with Gasteiger partial charge in [0.05, 0.1) is 11.4 Å². The summed E-state index contributed by atoms with van der Waals surface area (Å²) in [4.78, 5) is 36.4. The van der Waals surface area contributed by atoms with Crippen LogP contribution in [0.3, 0.4) is 0 Å². The van der Waals surface area contributed by atoms with E-state index in [9.17, 15) is 14.4 Å². The molecular weight excluding hydrogens is 270 g/mol. The summed E-state index contributed by atoms with van der Waals surface area (Å²) in [6, 6.07) is 7.01. The number of nitrogens with two attached hydrogens (primary N) is 1. The summed E-state index contributed by atoms with van der Waals surface area (Å²) in [5.41, 5.74) is 6.81. The van der Waals surface area contributed by atoms with Crippen LogP contribution in [-0.4, -0.2) is 29.2 Å². The molecule has 0 radical (unpaired) electrons. The third-order valence-electron chi connectivity index (χ3n) is 3.49. The predicted molar refractivity (Wildman–Crippen MR) is 79.2 cm³/mol. The Morgan fingerprint density at radius 2 is 2.10 bits per heavy atom. The van der Waals surface area contributed by atoms with Crippen LogP contribution in [0.4, 0.5) is 11.4 Å². The maximum Gasteiger partial charge on any atom is 0.232 e. The van der Waals surface area contributed by atoms with Crippen molar-refractivity contribution in [2.45, 2.75) is 26.2 Å². The lowest BCUT2D eigenvalue weighted by Gasteiger charge is -2.14. The van der Waals surface area contributed by atoms with Gasteiger partial charge in [0.2, 0.25) is 17.7 Å². The zero-order valence-corrected chi connectivity index (χ0v) is 12.0. The molecule has 6 nitrogen and oxygen atoms in total. The highest BCUT2D eigenvalue weighted by atomic mass is 16.2. The number of hydrogen-bond acceptors (Lipinski definition) is 4. The molecule has 0 aliphatic carbocycles. The molecular formula is C15H19N3O3. The van der Waals surface area contributed by atoms with Crippen molar-refractivity contribution in [2.75, 3.05) is 17.6 Å². The second-order valence-corrected chi connectivity index (χ2v) is 5.23. The van der Waals surface area contributed by atoms with Gasteiger partial charge in [0, 0.05) is 25.3 Å². The molecule has 21 heavy (non-hydrogen) atoms. The maximum absolute atomic E-state index is 11.8. The standard InChI is InChI=1S/C15H19N3O3/c1-10-9-14(20)18(15(10)21)8-4-7-13(19)17-12-6-3-2-5-11(12)16/h2-3,5-6,10H,4,7-9,16H2,1H3,(H,17,19). The number of nitrogens with one attached hydrogen (secondary N) is 1. The van der Waals surface area contributed by atoms with E-state index in [0.717, 1.165) is 0 Å². The summed E-state index contributed by atoms with van der Waals surface area (Å²) in [6.45, 7) is 2.03. The van der Waals surface area contributed by atoms with Crippen molar-refractivity contribution in [2.24, 2.45) is 5.92 Å². The lowest BCUT2D eigenvalue weighted by Crippen LogP contribution is -2.31. The summed E-state index contributed by atoms with van der Waals surface area (Å²) >= 11 is 0. The first-order valence-electron chi connectivity index (χ1n) is 6.97. The molecule has 6 heteroatoms. The first-order chi connectivity index (χ1) is 9.99. The van der Waals surface area contributed by atoms with Crippen molar-refractivity contribution in [3.63, 3.8) is 0 Å². The number of para-hydroxylation sites is 2. The minimum Gasteiger partial charge on any atom is -0.397 e. The van der Waals surface area contributed by atoms with E-state index in [1.807, 2.05) is 0 Å². The van der Waals surface area contributed by atoms with Crippen LogP contribution in [0.15, 0.2) is 24.3 Å². The zero-order chi connectivity index (χ0) is 15.4. The fourth-order valence-electron chi connectivity index (χ4n) is 2.30. The monoisotopic (exact) mass is 289 g/mol. The summed E-state index contributed by atoms with van der Waals surface area (Å²) in [6.07, 6.45) is 0.953. The lowest BCUT2D eigenvalue weighted by molar-refractivity contribution is -0.139. The first-order valence-corrected chi connectivity index (χ1v) is 6.97. The molecule has 1 unspecified atom stereocenters. The number of carbonyl (C=O) groups excluding carboxylic acids is 3. The molecule has 1 atom stereocenters.